The van der Waals surface area contributed by atoms with Gasteiger partial charge in [-0.25, -0.2) is 0 Å². The molecule has 2 aliphatic heterocycles. The van der Waals surface area contributed by atoms with Gasteiger partial charge in [-0.05, 0) is 46.3 Å². The second-order valence-corrected chi connectivity index (χ2v) is 6.65. The van der Waals surface area contributed by atoms with Crippen molar-refractivity contribution >= 4 is 0 Å². The standard InChI is InChI=1S/C17H33N3O/c1-4-19-11-12-21-17(14-19)13-18-16-6-9-20(10-7-16)8-5-15(2)3/h5,16-18H,4,6-14H2,1-3H3. The molecule has 0 aromatic rings. The Labute approximate surface area is 130 Å². The van der Waals surface area contributed by atoms with Crippen molar-refractivity contribution in [3.05, 3.63) is 11.6 Å². The Morgan fingerprint density at radius 1 is 1.19 bits per heavy atom. The van der Waals surface area contributed by atoms with Crippen molar-refractivity contribution in [2.45, 2.75) is 45.8 Å². The molecule has 0 saturated carbocycles. The summed E-state index contributed by atoms with van der Waals surface area (Å²) in [7, 11) is 0. The van der Waals surface area contributed by atoms with Crippen molar-refractivity contribution in [1.82, 2.24) is 15.1 Å². The summed E-state index contributed by atoms with van der Waals surface area (Å²) in [5, 5.41) is 3.73. The summed E-state index contributed by atoms with van der Waals surface area (Å²) in [6.07, 6.45) is 5.24. The largest absolute Gasteiger partial charge is 0.374 e. The first-order valence-electron chi connectivity index (χ1n) is 8.60. The topological polar surface area (TPSA) is 27.7 Å². The molecule has 4 heteroatoms. The number of rotatable bonds is 6. The Kier molecular flexibility index (Phi) is 7.17. The zero-order chi connectivity index (χ0) is 15.1. The average molecular weight is 295 g/mol. The van der Waals surface area contributed by atoms with Gasteiger partial charge in [0.1, 0.15) is 0 Å². The molecule has 4 nitrogen and oxygen atoms in total. The second-order valence-electron chi connectivity index (χ2n) is 6.65. The molecule has 2 rings (SSSR count). The molecule has 2 saturated heterocycles. The lowest BCUT2D eigenvalue weighted by molar-refractivity contribution is -0.0271. The van der Waals surface area contributed by atoms with E-state index in [1.807, 2.05) is 0 Å². The molecule has 1 unspecified atom stereocenters. The summed E-state index contributed by atoms with van der Waals surface area (Å²) in [6, 6.07) is 0.675. The van der Waals surface area contributed by atoms with Gasteiger partial charge in [0.15, 0.2) is 0 Å². The van der Waals surface area contributed by atoms with Crippen LogP contribution in [0.3, 0.4) is 0 Å². The molecule has 2 fully saturated rings. The lowest BCUT2D eigenvalue weighted by atomic mass is 10.0. The highest BCUT2D eigenvalue weighted by atomic mass is 16.5. The Morgan fingerprint density at radius 3 is 2.62 bits per heavy atom. The van der Waals surface area contributed by atoms with E-state index < -0.39 is 0 Å². The summed E-state index contributed by atoms with van der Waals surface area (Å²) in [5.74, 6) is 0. The van der Waals surface area contributed by atoms with E-state index in [4.69, 9.17) is 4.74 Å². The van der Waals surface area contributed by atoms with Gasteiger partial charge in [0, 0.05) is 32.2 Å². The highest BCUT2D eigenvalue weighted by Gasteiger charge is 2.22. The Bertz CT molecular complexity index is 320. The van der Waals surface area contributed by atoms with E-state index in [0.29, 0.717) is 12.1 Å². The lowest BCUT2D eigenvalue weighted by Gasteiger charge is -2.35. The van der Waals surface area contributed by atoms with Gasteiger partial charge in [-0.3, -0.25) is 9.80 Å². The SMILES string of the molecule is CCN1CCOC(CNC2CCN(CC=C(C)C)CC2)C1. The van der Waals surface area contributed by atoms with Crippen molar-refractivity contribution in [1.29, 1.82) is 0 Å². The van der Waals surface area contributed by atoms with Crippen LogP contribution in [-0.2, 0) is 4.74 Å². The van der Waals surface area contributed by atoms with E-state index in [-0.39, 0.29) is 0 Å². The first-order valence-corrected chi connectivity index (χ1v) is 8.60. The van der Waals surface area contributed by atoms with Crippen LogP contribution >= 0.6 is 0 Å². The van der Waals surface area contributed by atoms with Crippen LogP contribution in [0.5, 0.6) is 0 Å². The van der Waals surface area contributed by atoms with Crippen molar-refractivity contribution in [3.8, 4) is 0 Å². The van der Waals surface area contributed by atoms with Crippen LogP contribution in [0, 0.1) is 0 Å². The zero-order valence-electron chi connectivity index (χ0n) is 14.1. The Balaban J connectivity index is 1.61. The van der Waals surface area contributed by atoms with Gasteiger partial charge in [0.25, 0.3) is 0 Å². The maximum absolute atomic E-state index is 5.86. The summed E-state index contributed by atoms with van der Waals surface area (Å²) in [4.78, 5) is 5.04. The third-order valence-electron chi connectivity index (χ3n) is 4.65. The molecule has 0 amide bonds. The minimum Gasteiger partial charge on any atom is -0.374 e. The summed E-state index contributed by atoms with van der Waals surface area (Å²) in [6.45, 7) is 15.4. The van der Waals surface area contributed by atoms with Gasteiger partial charge in [-0.2, -0.15) is 0 Å². The van der Waals surface area contributed by atoms with Gasteiger partial charge in [-0.1, -0.05) is 18.6 Å². The fourth-order valence-corrected chi connectivity index (χ4v) is 3.12. The van der Waals surface area contributed by atoms with Crippen LogP contribution in [0.4, 0.5) is 0 Å². The van der Waals surface area contributed by atoms with E-state index >= 15 is 0 Å². The first kappa shape index (κ1) is 16.9. The van der Waals surface area contributed by atoms with Crippen LogP contribution in [0.25, 0.3) is 0 Å². The summed E-state index contributed by atoms with van der Waals surface area (Å²) >= 11 is 0. The maximum Gasteiger partial charge on any atom is 0.0826 e. The molecule has 2 heterocycles. The average Bonchev–Trinajstić information content (AvgIpc) is 2.52. The molecule has 0 bridgehead atoms. The normalized spacial score (nSPS) is 26.0. The van der Waals surface area contributed by atoms with Crippen molar-refractivity contribution in [2.24, 2.45) is 0 Å². The van der Waals surface area contributed by atoms with Crippen molar-refractivity contribution in [3.63, 3.8) is 0 Å². The third-order valence-corrected chi connectivity index (χ3v) is 4.65. The molecule has 0 spiro atoms. The summed E-state index contributed by atoms with van der Waals surface area (Å²) < 4.78 is 5.86. The van der Waals surface area contributed by atoms with E-state index in [2.05, 4.69) is 42.0 Å². The highest BCUT2D eigenvalue weighted by Crippen LogP contribution is 2.11. The number of piperidine rings is 1. The van der Waals surface area contributed by atoms with Gasteiger partial charge in [-0.15, -0.1) is 0 Å². The Morgan fingerprint density at radius 2 is 1.95 bits per heavy atom. The fraction of sp³-hybridized carbons (Fsp3) is 0.882. The molecule has 0 aromatic heterocycles. The summed E-state index contributed by atoms with van der Waals surface area (Å²) in [5.41, 5.74) is 1.42. The van der Waals surface area contributed by atoms with Gasteiger partial charge < -0.3 is 10.1 Å². The number of ether oxygens (including phenoxy) is 1. The molecule has 0 aliphatic carbocycles. The van der Waals surface area contributed by atoms with Gasteiger partial charge in [0.05, 0.1) is 12.7 Å². The highest BCUT2D eigenvalue weighted by molar-refractivity contribution is 4.95. The van der Waals surface area contributed by atoms with Crippen LogP contribution in [-0.4, -0.2) is 74.4 Å². The second kappa shape index (κ2) is 8.89. The number of morpholine rings is 1. The number of nitrogens with zero attached hydrogens (tertiary/aromatic N) is 2. The smallest absolute Gasteiger partial charge is 0.0826 e. The molecule has 2 aliphatic rings. The number of allylic oxidation sites excluding steroid dienone is 1. The number of likely N-dealkylation sites (tertiary alicyclic amines) is 1. The van der Waals surface area contributed by atoms with E-state index in [0.717, 1.165) is 39.3 Å². The maximum atomic E-state index is 5.86. The number of hydrogen-bond acceptors (Lipinski definition) is 4. The molecule has 1 N–H and O–H groups in total. The number of nitrogens with one attached hydrogen (secondary N) is 1. The van der Waals surface area contributed by atoms with E-state index in [9.17, 15) is 0 Å². The first-order chi connectivity index (χ1) is 10.2. The monoisotopic (exact) mass is 295 g/mol. The van der Waals surface area contributed by atoms with Crippen LogP contribution in [0.15, 0.2) is 11.6 Å². The van der Waals surface area contributed by atoms with Crippen molar-refractivity contribution in [2.75, 3.05) is 52.4 Å². The fourth-order valence-electron chi connectivity index (χ4n) is 3.12. The van der Waals surface area contributed by atoms with E-state index in [1.165, 1.54) is 31.5 Å². The van der Waals surface area contributed by atoms with Crippen LogP contribution in [0.1, 0.15) is 33.6 Å². The molecular formula is C17H33N3O. The predicted octanol–water partition coefficient (Wildman–Crippen LogP) is 1.73. The molecule has 0 radical (unpaired) electrons. The van der Waals surface area contributed by atoms with E-state index in [1.54, 1.807) is 0 Å². The number of likely N-dealkylation sites (N-methyl/N-ethyl adjacent to an activating group) is 1. The molecule has 122 valence electrons. The molecule has 1 atom stereocenters. The minimum atomic E-state index is 0.377. The van der Waals surface area contributed by atoms with Crippen molar-refractivity contribution < 1.29 is 4.74 Å². The molecule has 0 aromatic carbocycles. The lowest BCUT2D eigenvalue weighted by Crippen LogP contribution is -2.50. The van der Waals surface area contributed by atoms with Crippen LogP contribution < -0.4 is 5.32 Å². The minimum absolute atomic E-state index is 0.377. The quantitative estimate of drug-likeness (QED) is 0.755. The number of hydrogen-bond donors (Lipinski definition) is 1. The van der Waals surface area contributed by atoms with Gasteiger partial charge in [0.2, 0.25) is 0 Å². The molecular weight excluding hydrogens is 262 g/mol. The third kappa shape index (κ3) is 6.07. The van der Waals surface area contributed by atoms with Gasteiger partial charge >= 0.3 is 0 Å². The Hall–Kier alpha value is -0.420. The predicted molar refractivity (Wildman–Crippen MR) is 88.7 cm³/mol. The molecule has 21 heavy (non-hydrogen) atoms. The van der Waals surface area contributed by atoms with Crippen LogP contribution in [0.2, 0.25) is 0 Å². The zero-order valence-corrected chi connectivity index (χ0v) is 14.1.